The van der Waals surface area contributed by atoms with Crippen molar-refractivity contribution in [2.45, 2.75) is 46.1 Å². The van der Waals surface area contributed by atoms with Crippen LogP contribution in [-0.4, -0.2) is 73.1 Å². The van der Waals surface area contributed by atoms with E-state index in [-0.39, 0.29) is 22.8 Å². The summed E-state index contributed by atoms with van der Waals surface area (Å²) in [5.74, 6) is 0.759. The summed E-state index contributed by atoms with van der Waals surface area (Å²) in [6, 6.07) is 10.0. The average molecular weight is 401 g/mol. The van der Waals surface area contributed by atoms with E-state index in [1.807, 2.05) is 35.2 Å². The number of nitrogens with one attached hydrogen (secondary N) is 1. The number of benzene rings is 1. The van der Waals surface area contributed by atoms with Gasteiger partial charge in [-0.1, -0.05) is 44.2 Å². The highest BCUT2D eigenvalue weighted by Gasteiger charge is 2.53. The molecule has 2 heterocycles. The number of guanidine groups is 1. The van der Waals surface area contributed by atoms with Gasteiger partial charge in [-0.05, 0) is 26.3 Å². The van der Waals surface area contributed by atoms with Crippen LogP contribution in [0.25, 0.3) is 0 Å². The van der Waals surface area contributed by atoms with Gasteiger partial charge in [0.2, 0.25) is 5.91 Å². The summed E-state index contributed by atoms with van der Waals surface area (Å²) < 4.78 is 5.42. The maximum atomic E-state index is 13.3. The van der Waals surface area contributed by atoms with E-state index >= 15 is 0 Å². The lowest BCUT2D eigenvalue weighted by molar-refractivity contribution is -0.136. The van der Waals surface area contributed by atoms with Crippen molar-refractivity contribution in [1.29, 1.82) is 0 Å². The first-order chi connectivity index (χ1) is 13.8. The van der Waals surface area contributed by atoms with Gasteiger partial charge in [-0.25, -0.2) is 0 Å². The molecule has 1 amide bonds. The van der Waals surface area contributed by atoms with E-state index < -0.39 is 0 Å². The first-order valence-corrected chi connectivity index (χ1v) is 10.8. The maximum Gasteiger partial charge on any atom is 0.232 e. The molecule has 1 atom stereocenters. The zero-order valence-electron chi connectivity index (χ0n) is 18.6. The minimum atomic E-state index is -0.277. The number of carbonyl (C=O) groups excluding carboxylic acids is 1. The molecule has 0 radical (unpaired) electrons. The lowest BCUT2D eigenvalue weighted by Crippen LogP contribution is -2.72. The van der Waals surface area contributed by atoms with E-state index in [4.69, 9.17) is 9.73 Å². The van der Waals surface area contributed by atoms with Crippen molar-refractivity contribution in [2.75, 3.05) is 45.9 Å². The van der Waals surface area contributed by atoms with Crippen LogP contribution in [0.5, 0.6) is 0 Å². The number of aliphatic imine (C=N–C) groups is 1. The van der Waals surface area contributed by atoms with Gasteiger partial charge in [-0.15, -0.1) is 0 Å². The molecule has 1 aromatic rings. The Bertz CT molecular complexity index is 724. The average Bonchev–Trinajstić information content (AvgIpc) is 2.73. The number of ether oxygens (including phenoxy) is 1. The van der Waals surface area contributed by atoms with Crippen LogP contribution in [-0.2, 0) is 9.53 Å². The zero-order chi connectivity index (χ0) is 21.1. The topological polar surface area (TPSA) is 57.2 Å². The minimum Gasteiger partial charge on any atom is -0.378 e. The number of hydrogen-bond acceptors (Lipinski definition) is 3. The third-order valence-electron chi connectivity index (χ3n) is 6.72. The summed E-state index contributed by atoms with van der Waals surface area (Å²) in [4.78, 5) is 22.5. The molecule has 2 fully saturated rings. The number of amides is 1. The Labute approximate surface area is 175 Å². The van der Waals surface area contributed by atoms with Crippen molar-refractivity contribution >= 4 is 11.9 Å². The van der Waals surface area contributed by atoms with E-state index in [2.05, 4.69) is 44.8 Å². The molecular weight excluding hydrogens is 364 g/mol. The first kappa shape index (κ1) is 21.6. The van der Waals surface area contributed by atoms with Crippen LogP contribution < -0.4 is 5.32 Å². The summed E-state index contributed by atoms with van der Waals surface area (Å²) in [5.41, 5.74) is 1.27. The number of nitrogens with zero attached hydrogens (tertiary/aromatic N) is 3. The van der Waals surface area contributed by atoms with Crippen LogP contribution in [0.4, 0.5) is 0 Å². The van der Waals surface area contributed by atoms with Crippen molar-refractivity contribution in [2.24, 2.45) is 10.4 Å². The molecule has 2 saturated heterocycles. The highest BCUT2D eigenvalue weighted by atomic mass is 16.5. The van der Waals surface area contributed by atoms with Crippen LogP contribution in [0, 0.1) is 5.41 Å². The Balaban J connectivity index is 1.83. The molecule has 1 N–H and O–H groups in total. The molecule has 3 rings (SSSR count). The Morgan fingerprint density at radius 3 is 2.38 bits per heavy atom. The van der Waals surface area contributed by atoms with Gasteiger partial charge in [0, 0.05) is 37.1 Å². The Hall–Kier alpha value is -2.08. The largest absolute Gasteiger partial charge is 0.378 e. The number of hydrogen-bond donors (Lipinski definition) is 1. The summed E-state index contributed by atoms with van der Waals surface area (Å²) in [5, 5.41) is 3.43. The molecule has 2 aliphatic rings. The predicted octanol–water partition coefficient (Wildman–Crippen LogP) is 2.71. The quantitative estimate of drug-likeness (QED) is 0.610. The van der Waals surface area contributed by atoms with Crippen LogP contribution in [0.15, 0.2) is 35.3 Å². The van der Waals surface area contributed by atoms with Crippen LogP contribution in [0.1, 0.15) is 46.1 Å². The summed E-state index contributed by atoms with van der Waals surface area (Å²) in [6.07, 6.45) is 0. The molecule has 0 spiro atoms. The van der Waals surface area contributed by atoms with Gasteiger partial charge in [0.15, 0.2) is 5.96 Å². The van der Waals surface area contributed by atoms with Crippen LogP contribution in [0.3, 0.4) is 0 Å². The second-order valence-electron chi connectivity index (χ2n) is 9.12. The first-order valence-electron chi connectivity index (χ1n) is 10.8. The predicted molar refractivity (Wildman–Crippen MR) is 117 cm³/mol. The fraction of sp³-hybridized carbons (Fsp3) is 0.652. The van der Waals surface area contributed by atoms with E-state index in [1.165, 1.54) is 0 Å². The van der Waals surface area contributed by atoms with Crippen LogP contribution in [0.2, 0.25) is 0 Å². The number of rotatable bonds is 5. The van der Waals surface area contributed by atoms with Gasteiger partial charge in [-0.2, -0.15) is 0 Å². The van der Waals surface area contributed by atoms with Crippen molar-refractivity contribution in [1.82, 2.24) is 15.1 Å². The highest BCUT2D eigenvalue weighted by molar-refractivity contribution is 5.86. The molecule has 0 bridgehead atoms. The summed E-state index contributed by atoms with van der Waals surface area (Å²) >= 11 is 0. The van der Waals surface area contributed by atoms with Gasteiger partial charge in [-0.3, -0.25) is 9.79 Å². The van der Waals surface area contributed by atoms with E-state index in [0.717, 1.165) is 24.6 Å². The van der Waals surface area contributed by atoms with Crippen molar-refractivity contribution < 1.29 is 9.53 Å². The highest BCUT2D eigenvalue weighted by Crippen LogP contribution is 2.46. The van der Waals surface area contributed by atoms with Gasteiger partial charge in [0.25, 0.3) is 0 Å². The molecule has 6 nitrogen and oxygen atoms in total. The molecular formula is C23H36N4O2. The standard InChI is InChI=1S/C23H36N4O2/c1-6-24-21(27-17-22(2,3)23(27,4)5)25-16-19(18-10-8-7-9-11-18)20(28)26-12-14-29-15-13-26/h7-11,19H,6,12-17H2,1-5H3,(H,24,25). The van der Waals surface area contributed by atoms with Gasteiger partial charge < -0.3 is 19.9 Å². The minimum absolute atomic E-state index is 0.0183. The fourth-order valence-corrected chi connectivity index (χ4v) is 3.99. The molecule has 0 saturated carbocycles. The fourth-order valence-electron chi connectivity index (χ4n) is 3.99. The SMILES string of the molecule is CCNC(=NCC(C(=O)N1CCOCC1)c1ccccc1)N1CC(C)(C)C1(C)C. The maximum absolute atomic E-state index is 13.3. The number of carbonyl (C=O) groups is 1. The second kappa shape index (κ2) is 8.74. The molecule has 1 unspecified atom stereocenters. The second-order valence-corrected chi connectivity index (χ2v) is 9.12. The number of morpholine rings is 1. The van der Waals surface area contributed by atoms with E-state index in [0.29, 0.717) is 32.8 Å². The number of likely N-dealkylation sites (tertiary alicyclic amines) is 1. The third-order valence-corrected chi connectivity index (χ3v) is 6.72. The lowest BCUT2D eigenvalue weighted by Gasteiger charge is -2.62. The van der Waals surface area contributed by atoms with Gasteiger partial charge in [0.05, 0.1) is 25.7 Å². The summed E-state index contributed by atoms with van der Waals surface area (Å²) in [6.45, 7) is 15.9. The molecule has 1 aromatic carbocycles. The van der Waals surface area contributed by atoms with Crippen molar-refractivity contribution in [3.63, 3.8) is 0 Å². The molecule has 160 valence electrons. The van der Waals surface area contributed by atoms with Gasteiger partial charge in [0.1, 0.15) is 0 Å². The normalized spacial score (nSPS) is 22.0. The third kappa shape index (κ3) is 4.42. The summed E-state index contributed by atoms with van der Waals surface area (Å²) in [7, 11) is 0. The lowest BCUT2D eigenvalue weighted by atomic mass is 9.65. The van der Waals surface area contributed by atoms with Crippen molar-refractivity contribution in [3.8, 4) is 0 Å². The molecule has 0 aliphatic carbocycles. The Morgan fingerprint density at radius 2 is 1.83 bits per heavy atom. The molecule has 2 aliphatic heterocycles. The molecule has 29 heavy (non-hydrogen) atoms. The van der Waals surface area contributed by atoms with Crippen LogP contribution >= 0.6 is 0 Å². The zero-order valence-corrected chi connectivity index (χ0v) is 18.6. The van der Waals surface area contributed by atoms with E-state index in [9.17, 15) is 4.79 Å². The Morgan fingerprint density at radius 1 is 1.17 bits per heavy atom. The monoisotopic (exact) mass is 400 g/mol. The molecule has 6 heteroatoms. The molecule has 0 aromatic heterocycles. The smallest absolute Gasteiger partial charge is 0.232 e. The Kier molecular flexibility index (Phi) is 6.52. The van der Waals surface area contributed by atoms with Gasteiger partial charge >= 0.3 is 0 Å². The van der Waals surface area contributed by atoms with E-state index in [1.54, 1.807) is 0 Å². The van der Waals surface area contributed by atoms with Crippen molar-refractivity contribution in [3.05, 3.63) is 35.9 Å².